The number of para-hydroxylation sites is 2. The van der Waals surface area contributed by atoms with E-state index in [0.29, 0.717) is 0 Å². The maximum absolute atomic E-state index is 4.64. The molecule has 1 heterocycles. The Hall–Kier alpha value is -0.960. The topological polar surface area (TPSA) is 17.8 Å². The fraction of sp³-hybridized carbons (Fsp3) is 0.417. The number of aromatic nitrogens is 2. The van der Waals surface area contributed by atoms with E-state index in [2.05, 4.69) is 34.8 Å². The number of fused-ring (bicyclic) bond motifs is 1. The molecule has 0 N–H and O–H groups in total. The summed E-state index contributed by atoms with van der Waals surface area (Å²) in [6.45, 7) is 0. The second kappa shape index (κ2) is 3.56. The van der Waals surface area contributed by atoms with E-state index >= 15 is 0 Å². The van der Waals surface area contributed by atoms with E-state index in [1.54, 1.807) is 0 Å². The number of imidazole rings is 1. The Morgan fingerprint density at radius 2 is 2.20 bits per heavy atom. The summed E-state index contributed by atoms with van der Waals surface area (Å²) in [5, 5.41) is 1.16. The minimum atomic E-state index is 0.954. The van der Waals surface area contributed by atoms with E-state index in [-0.39, 0.29) is 0 Å². The Morgan fingerprint density at radius 1 is 1.40 bits per heavy atom. The molecule has 1 aliphatic rings. The van der Waals surface area contributed by atoms with Crippen molar-refractivity contribution in [2.45, 2.75) is 18.0 Å². The van der Waals surface area contributed by atoms with Crippen LogP contribution in [0.3, 0.4) is 0 Å². The molecule has 1 aromatic carbocycles. The van der Waals surface area contributed by atoms with Crippen molar-refractivity contribution >= 4 is 22.8 Å². The van der Waals surface area contributed by atoms with Crippen LogP contribution in [0.5, 0.6) is 0 Å². The lowest BCUT2D eigenvalue weighted by molar-refractivity contribution is 0.812. The molecule has 78 valence electrons. The van der Waals surface area contributed by atoms with Crippen LogP contribution in [0, 0.1) is 5.92 Å². The number of aryl methyl sites for hydroxylation is 1. The van der Waals surface area contributed by atoms with Gasteiger partial charge in [0.1, 0.15) is 0 Å². The zero-order chi connectivity index (χ0) is 10.3. The lowest BCUT2D eigenvalue weighted by Gasteiger charge is -2.00. The van der Waals surface area contributed by atoms with Crippen LogP contribution < -0.4 is 0 Å². The lowest BCUT2D eigenvalue weighted by atomic mass is 10.3. The van der Waals surface area contributed by atoms with Crippen molar-refractivity contribution in [3.63, 3.8) is 0 Å². The maximum atomic E-state index is 4.64. The Balaban J connectivity index is 1.92. The highest BCUT2D eigenvalue weighted by atomic mass is 32.2. The molecule has 2 aromatic rings. The third-order valence-corrected chi connectivity index (χ3v) is 4.15. The van der Waals surface area contributed by atoms with Crippen LogP contribution in [0.2, 0.25) is 0 Å². The lowest BCUT2D eigenvalue weighted by Crippen LogP contribution is -1.92. The highest BCUT2D eigenvalue weighted by molar-refractivity contribution is 7.99. The highest BCUT2D eigenvalue weighted by Crippen LogP contribution is 2.35. The van der Waals surface area contributed by atoms with Crippen LogP contribution in [-0.4, -0.2) is 15.3 Å². The molecule has 1 aliphatic carbocycles. The van der Waals surface area contributed by atoms with Crippen LogP contribution in [0.4, 0.5) is 0 Å². The van der Waals surface area contributed by atoms with Gasteiger partial charge >= 0.3 is 0 Å². The summed E-state index contributed by atoms with van der Waals surface area (Å²) in [4.78, 5) is 4.64. The summed E-state index contributed by atoms with van der Waals surface area (Å²) < 4.78 is 2.20. The monoisotopic (exact) mass is 218 g/mol. The normalized spacial score (nSPS) is 16.1. The smallest absolute Gasteiger partial charge is 0.168 e. The molecule has 1 saturated carbocycles. The van der Waals surface area contributed by atoms with Crippen molar-refractivity contribution in [2.75, 3.05) is 5.75 Å². The number of thioether (sulfide) groups is 1. The van der Waals surface area contributed by atoms with Crippen LogP contribution in [0.15, 0.2) is 29.4 Å². The van der Waals surface area contributed by atoms with E-state index in [1.807, 2.05) is 17.8 Å². The molecule has 0 radical (unpaired) electrons. The van der Waals surface area contributed by atoms with Crippen LogP contribution in [0.1, 0.15) is 12.8 Å². The molecule has 0 unspecified atom stereocenters. The molecular formula is C12H14N2S. The SMILES string of the molecule is Cn1c(SCC2CC2)nc2ccccc21. The van der Waals surface area contributed by atoms with Gasteiger partial charge in [-0.25, -0.2) is 4.98 Å². The summed E-state index contributed by atoms with van der Waals surface area (Å²) in [5.74, 6) is 2.19. The zero-order valence-electron chi connectivity index (χ0n) is 8.81. The molecule has 0 atom stereocenters. The standard InChI is InChI=1S/C12H14N2S/c1-14-11-5-3-2-4-10(11)13-12(14)15-8-9-6-7-9/h2-5,9H,6-8H2,1H3. The molecule has 1 aromatic heterocycles. The third kappa shape index (κ3) is 1.76. The van der Waals surface area contributed by atoms with E-state index in [4.69, 9.17) is 0 Å². The number of hydrogen-bond acceptors (Lipinski definition) is 2. The first kappa shape index (κ1) is 9.28. The van der Waals surface area contributed by atoms with Crippen molar-refractivity contribution in [1.82, 2.24) is 9.55 Å². The van der Waals surface area contributed by atoms with Gasteiger partial charge in [0.25, 0.3) is 0 Å². The molecule has 3 heteroatoms. The number of nitrogens with zero attached hydrogens (tertiary/aromatic N) is 2. The second-order valence-electron chi connectivity index (χ2n) is 4.20. The molecular weight excluding hydrogens is 204 g/mol. The van der Waals surface area contributed by atoms with Gasteiger partial charge in [-0.1, -0.05) is 23.9 Å². The molecule has 0 saturated heterocycles. The van der Waals surface area contributed by atoms with Crippen molar-refractivity contribution in [1.29, 1.82) is 0 Å². The first-order valence-electron chi connectivity index (χ1n) is 5.39. The molecule has 0 aliphatic heterocycles. The summed E-state index contributed by atoms with van der Waals surface area (Å²) in [6, 6.07) is 8.32. The van der Waals surface area contributed by atoms with Gasteiger partial charge in [-0.05, 0) is 30.9 Å². The molecule has 0 spiro atoms. The average Bonchev–Trinajstić information content (AvgIpc) is 3.03. The highest BCUT2D eigenvalue weighted by Gasteiger charge is 2.22. The zero-order valence-corrected chi connectivity index (χ0v) is 9.63. The summed E-state index contributed by atoms with van der Waals surface area (Å²) in [6.07, 6.45) is 2.83. The first-order valence-corrected chi connectivity index (χ1v) is 6.37. The van der Waals surface area contributed by atoms with Gasteiger partial charge < -0.3 is 4.57 Å². The number of benzene rings is 1. The quantitative estimate of drug-likeness (QED) is 0.737. The Kier molecular flexibility index (Phi) is 2.20. The van der Waals surface area contributed by atoms with E-state index < -0.39 is 0 Å². The summed E-state index contributed by atoms with van der Waals surface area (Å²) >= 11 is 1.90. The largest absolute Gasteiger partial charge is 0.322 e. The second-order valence-corrected chi connectivity index (χ2v) is 5.18. The Morgan fingerprint density at radius 3 is 2.93 bits per heavy atom. The van der Waals surface area contributed by atoms with Gasteiger partial charge in [0.2, 0.25) is 0 Å². The predicted octanol–water partition coefficient (Wildman–Crippen LogP) is 3.08. The van der Waals surface area contributed by atoms with Gasteiger partial charge in [-0.2, -0.15) is 0 Å². The molecule has 0 bridgehead atoms. The molecule has 2 nitrogen and oxygen atoms in total. The van der Waals surface area contributed by atoms with Crippen LogP contribution in [-0.2, 0) is 7.05 Å². The van der Waals surface area contributed by atoms with E-state index in [1.165, 1.54) is 24.1 Å². The summed E-state index contributed by atoms with van der Waals surface area (Å²) in [5.41, 5.74) is 2.34. The number of rotatable bonds is 3. The Labute approximate surface area is 93.7 Å². The summed E-state index contributed by atoms with van der Waals surface area (Å²) in [7, 11) is 2.10. The molecule has 15 heavy (non-hydrogen) atoms. The van der Waals surface area contributed by atoms with E-state index in [0.717, 1.165) is 16.6 Å². The van der Waals surface area contributed by atoms with Crippen molar-refractivity contribution in [3.05, 3.63) is 24.3 Å². The van der Waals surface area contributed by atoms with Gasteiger partial charge in [0.05, 0.1) is 11.0 Å². The van der Waals surface area contributed by atoms with Gasteiger partial charge in [-0.3, -0.25) is 0 Å². The molecule has 0 amide bonds. The average molecular weight is 218 g/mol. The minimum Gasteiger partial charge on any atom is -0.322 e. The fourth-order valence-corrected chi connectivity index (χ4v) is 2.90. The van der Waals surface area contributed by atoms with Crippen LogP contribution >= 0.6 is 11.8 Å². The van der Waals surface area contributed by atoms with Crippen molar-refractivity contribution < 1.29 is 0 Å². The molecule has 3 rings (SSSR count). The van der Waals surface area contributed by atoms with Crippen LogP contribution in [0.25, 0.3) is 11.0 Å². The fourth-order valence-electron chi connectivity index (χ4n) is 1.73. The molecule has 1 fully saturated rings. The van der Waals surface area contributed by atoms with Crippen molar-refractivity contribution in [3.8, 4) is 0 Å². The first-order chi connectivity index (χ1) is 7.34. The van der Waals surface area contributed by atoms with Gasteiger partial charge in [-0.15, -0.1) is 0 Å². The number of hydrogen-bond donors (Lipinski definition) is 0. The van der Waals surface area contributed by atoms with E-state index in [9.17, 15) is 0 Å². The minimum absolute atomic E-state index is 0.954. The van der Waals surface area contributed by atoms with Crippen molar-refractivity contribution in [2.24, 2.45) is 13.0 Å². The third-order valence-electron chi connectivity index (χ3n) is 2.89. The Bertz CT molecular complexity index is 485. The predicted molar refractivity (Wildman–Crippen MR) is 64.2 cm³/mol. The maximum Gasteiger partial charge on any atom is 0.168 e. The van der Waals surface area contributed by atoms with Gasteiger partial charge in [0.15, 0.2) is 5.16 Å². The van der Waals surface area contributed by atoms with Gasteiger partial charge in [0, 0.05) is 12.8 Å².